The summed E-state index contributed by atoms with van der Waals surface area (Å²) in [7, 11) is 0. The van der Waals surface area contributed by atoms with Crippen molar-refractivity contribution in [3.05, 3.63) is 57.6 Å². The number of nitrogens with one attached hydrogen (secondary N) is 2. The van der Waals surface area contributed by atoms with Crippen LogP contribution in [0.5, 0.6) is 0 Å². The van der Waals surface area contributed by atoms with Crippen LogP contribution in [0.25, 0.3) is 11.0 Å². The van der Waals surface area contributed by atoms with Crippen molar-refractivity contribution in [3.63, 3.8) is 0 Å². The second-order valence-electron chi connectivity index (χ2n) is 8.56. The Kier molecular flexibility index (Phi) is 5.54. The van der Waals surface area contributed by atoms with Crippen LogP contribution in [-0.2, 0) is 6.42 Å². The van der Waals surface area contributed by atoms with Gasteiger partial charge in [0, 0.05) is 22.5 Å². The topological polar surface area (TPSA) is 70.7 Å². The number of aromatic nitrogens is 3. The zero-order chi connectivity index (χ0) is 20.6. The SMILES string of the molecule is CC1(C)CCC(NC(=O)c2cc3nc(Cc4c(Cl)cccc4Cl)[nH]c3cn2)CC1. The number of imidazole rings is 1. The Morgan fingerprint density at radius 1 is 1.24 bits per heavy atom. The minimum atomic E-state index is -0.143. The summed E-state index contributed by atoms with van der Waals surface area (Å²) in [6.07, 6.45) is 6.39. The van der Waals surface area contributed by atoms with Gasteiger partial charge in [-0.05, 0) is 54.9 Å². The number of fused-ring (bicyclic) bond motifs is 1. The highest BCUT2D eigenvalue weighted by Gasteiger charge is 2.28. The van der Waals surface area contributed by atoms with Crippen LogP contribution in [0.15, 0.2) is 30.5 Å². The molecule has 2 N–H and O–H groups in total. The number of rotatable bonds is 4. The maximum atomic E-state index is 12.7. The van der Waals surface area contributed by atoms with Crippen molar-refractivity contribution >= 4 is 40.1 Å². The van der Waals surface area contributed by atoms with E-state index in [1.54, 1.807) is 12.3 Å². The molecule has 0 unspecified atom stereocenters. The third-order valence-electron chi connectivity index (χ3n) is 5.73. The van der Waals surface area contributed by atoms with E-state index in [0.717, 1.165) is 42.6 Å². The molecule has 1 aromatic carbocycles. The number of halogens is 2. The molecule has 1 saturated carbocycles. The van der Waals surface area contributed by atoms with Crippen LogP contribution in [0, 0.1) is 5.41 Å². The van der Waals surface area contributed by atoms with Crippen molar-refractivity contribution in [2.24, 2.45) is 5.41 Å². The molecule has 152 valence electrons. The Morgan fingerprint density at radius 2 is 1.93 bits per heavy atom. The van der Waals surface area contributed by atoms with E-state index >= 15 is 0 Å². The van der Waals surface area contributed by atoms with Gasteiger partial charge in [0.05, 0.1) is 17.2 Å². The van der Waals surface area contributed by atoms with Gasteiger partial charge in [0.2, 0.25) is 0 Å². The van der Waals surface area contributed by atoms with E-state index in [4.69, 9.17) is 23.2 Å². The summed E-state index contributed by atoms with van der Waals surface area (Å²) >= 11 is 12.5. The number of hydrogen-bond donors (Lipinski definition) is 2. The first-order chi connectivity index (χ1) is 13.8. The molecule has 2 heterocycles. The fraction of sp³-hybridized carbons (Fsp3) is 0.409. The molecular formula is C22H24Cl2N4O. The number of hydrogen-bond acceptors (Lipinski definition) is 3. The largest absolute Gasteiger partial charge is 0.348 e. The van der Waals surface area contributed by atoms with E-state index < -0.39 is 0 Å². The highest BCUT2D eigenvalue weighted by molar-refractivity contribution is 6.36. The van der Waals surface area contributed by atoms with Gasteiger partial charge < -0.3 is 10.3 Å². The second-order valence-corrected chi connectivity index (χ2v) is 9.37. The molecule has 5 nitrogen and oxygen atoms in total. The molecule has 3 aromatic rings. The van der Waals surface area contributed by atoms with Crippen LogP contribution in [0.2, 0.25) is 10.0 Å². The monoisotopic (exact) mass is 430 g/mol. The predicted molar refractivity (Wildman–Crippen MR) is 117 cm³/mol. The number of H-pyrrole nitrogens is 1. The normalized spacial score (nSPS) is 16.8. The van der Waals surface area contributed by atoms with E-state index in [-0.39, 0.29) is 11.9 Å². The minimum absolute atomic E-state index is 0.143. The average molecular weight is 431 g/mol. The van der Waals surface area contributed by atoms with Gasteiger partial charge in [-0.3, -0.25) is 4.79 Å². The number of carbonyl (C=O) groups is 1. The maximum absolute atomic E-state index is 12.7. The fourth-order valence-electron chi connectivity index (χ4n) is 3.84. The summed E-state index contributed by atoms with van der Waals surface area (Å²) in [4.78, 5) is 24.8. The Bertz CT molecular complexity index is 1030. The lowest BCUT2D eigenvalue weighted by Crippen LogP contribution is -2.39. The summed E-state index contributed by atoms with van der Waals surface area (Å²) in [5, 5.41) is 4.33. The fourth-order valence-corrected chi connectivity index (χ4v) is 4.37. The lowest BCUT2D eigenvalue weighted by molar-refractivity contribution is 0.0904. The average Bonchev–Trinajstić information content (AvgIpc) is 3.08. The van der Waals surface area contributed by atoms with Gasteiger partial charge in [-0.2, -0.15) is 0 Å². The Balaban J connectivity index is 1.49. The van der Waals surface area contributed by atoms with Gasteiger partial charge >= 0.3 is 0 Å². The molecule has 0 spiro atoms. The number of amides is 1. The van der Waals surface area contributed by atoms with Crippen LogP contribution in [0.1, 0.15) is 61.4 Å². The molecule has 1 fully saturated rings. The van der Waals surface area contributed by atoms with Crippen LogP contribution in [0.4, 0.5) is 0 Å². The molecule has 7 heteroatoms. The van der Waals surface area contributed by atoms with Crippen molar-refractivity contribution in [2.75, 3.05) is 0 Å². The van der Waals surface area contributed by atoms with Crippen molar-refractivity contribution in [3.8, 4) is 0 Å². The minimum Gasteiger partial charge on any atom is -0.348 e. The van der Waals surface area contributed by atoms with Crippen molar-refractivity contribution in [1.82, 2.24) is 20.3 Å². The lowest BCUT2D eigenvalue weighted by atomic mass is 9.75. The summed E-state index contributed by atoms with van der Waals surface area (Å²) in [6, 6.07) is 7.37. The van der Waals surface area contributed by atoms with E-state index in [9.17, 15) is 4.79 Å². The molecule has 0 atom stereocenters. The Labute approximate surface area is 180 Å². The Morgan fingerprint density at radius 3 is 2.62 bits per heavy atom. The van der Waals surface area contributed by atoms with Gasteiger partial charge in [0.1, 0.15) is 11.5 Å². The lowest BCUT2D eigenvalue weighted by Gasteiger charge is -2.34. The summed E-state index contributed by atoms with van der Waals surface area (Å²) in [6.45, 7) is 4.57. The first kappa shape index (κ1) is 20.2. The highest BCUT2D eigenvalue weighted by atomic mass is 35.5. The molecule has 2 aromatic heterocycles. The van der Waals surface area contributed by atoms with Gasteiger partial charge in [-0.1, -0.05) is 43.1 Å². The quantitative estimate of drug-likeness (QED) is 0.569. The molecule has 29 heavy (non-hydrogen) atoms. The smallest absolute Gasteiger partial charge is 0.270 e. The first-order valence-electron chi connectivity index (χ1n) is 9.89. The van der Waals surface area contributed by atoms with Crippen molar-refractivity contribution in [1.29, 1.82) is 0 Å². The zero-order valence-corrected chi connectivity index (χ0v) is 18.1. The molecule has 0 radical (unpaired) electrons. The van der Waals surface area contributed by atoms with Gasteiger partial charge in [0.25, 0.3) is 5.91 Å². The van der Waals surface area contributed by atoms with Crippen molar-refractivity contribution < 1.29 is 4.79 Å². The van der Waals surface area contributed by atoms with E-state index in [0.29, 0.717) is 33.1 Å². The highest BCUT2D eigenvalue weighted by Crippen LogP contribution is 2.35. The Hall–Kier alpha value is -2.11. The van der Waals surface area contributed by atoms with Gasteiger partial charge in [0.15, 0.2) is 0 Å². The third-order valence-corrected chi connectivity index (χ3v) is 6.44. The van der Waals surface area contributed by atoms with Crippen LogP contribution in [0.3, 0.4) is 0 Å². The molecule has 1 aliphatic rings. The number of pyridine rings is 1. The van der Waals surface area contributed by atoms with Crippen LogP contribution >= 0.6 is 23.2 Å². The van der Waals surface area contributed by atoms with Gasteiger partial charge in [-0.15, -0.1) is 0 Å². The van der Waals surface area contributed by atoms with Crippen LogP contribution < -0.4 is 5.32 Å². The molecule has 0 bridgehead atoms. The van der Waals surface area contributed by atoms with E-state index in [1.807, 2.05) is 18.2 Å². The standard InChI is InChI=1S/C22H24Cl2N4O/c1-22(2)8-6-13(7-9-22)26-21(29)18-11-17-19(12-25-18)28-20(27-17)10-14-15(23)4-3-5-16(14)24/h3-5,11-13H,6-10H2,1-2H3,(H,26,29)(H,27,28). The summed E-state index contributed by atoms with van der Waals surface area (Å²) < 4.78 is 0. The second kappa shape index (κ2) is 7.96. The summed E-state index contributed by atoms with van der Waals surface area (Å²) in [5.41, 5.74) is 3.05. The molecular weight excluding hydrogens is 407 g/mol. The first-order valence-corrected chi connectivity index (χ1v) is 10.6. The number of carbonyl (C=O) groups excluding carboxylic acids is 1. The summed E-state index contributed by atoms with van der Waals surface area (Å²) in [5.74, 6) is 0.583. The number of benzene rings is 1. The number of nitrogens with zero attached hydrogens (tertiary/aromatic N) is 2. The molecule has 1 amide bonds. The molecule has 0 saturated heterocycles. The van der Waals surface area contributed by atoms with E-state index in [2.05, 4.69) is 34.1 Å². The maximum Gasteiger partial charge on any atom is 0.270 e. The number of aromatic amines is 1. The molecule has 0 aliphatic heterocycles. The predicted octanol–water partition coefficient (Wildman–Crippen LogP) is 5.55. The van der Waals surface area contributed by atoms with Crippen LogP contribution in [-0.4, -0.2) is 26.9 Å². The molecule has 4 rings (SSSR count). The van der Waals surface area contributed by atoms with Gasteiger partial charge in [-0.25, -0.2) is 9.97 Å². The zero-order valence-electron chi connectivity index (χ0n) is 16.6. The van der Waals surface area contributed by atoms with E-state index in [1.165, 1.54) is 0 Å². The molecule has 1 aliphatic carbocycles. The third kappa shape index (κ3) is 4.57. The van der Waals surface area contributed by atoms with Crippen molar-refractivity contribution in [2.45, 2.75) is 52.0 Å².